The third kappa shape index (κ3) is 2.93. The fourth-order valence-electron chi connectivity index (χ4n) is 2.25. The lowest BCUT2D eigenvalue weighted by atomic mass is 9.74. The smallest absolute Gasteiger partial charge is 0.310 e. The van der Waals surface area contributed by atoms with Crippen molar-refractivity contribution in [2.24, 2.45) is 5.41 Å². The molecule has 2 aromatic carbocycles. The maximum atomic E-state index is 11.5. The second-order valence-electron chi connectivity index (χ2n) is 6.55. The molecule has 3 nitrogen and oxygen atoms in total. The van der Waals surface area contributed by atoms with E-state index in [9.17, 15) is 9.90 Å². The molecule has 0 aliphatic rings. The topological polar surface area (TPSA) is 49.3 Å². The zero-order valence-electron chi connectivity index (χ0n) is 13.1. The normalized spacial score (nSPS) is 12.6. The van der Waals surface area contributed by atoms with Crippen molar-refractivity contribution in [3.8, 4) is 0 Å². The summed E-state index contributed by atoms with van der Waals surface area (Å²) in [5.74, 6) is -0.794. The molecule has 21 heavy (non-hydrogen) atoms. The lowest BCUT2D eigenvalue weighted by molar-refractivity contribution is -0.151. The van der Waals surface area contributed by atoms with Crippen molar-refractivity contribution in [3.05, 3.63) is 48.0 Å². The lowest BCUT2D eigenvalue weighted by Gasteiger charge is -2.39. The SMILES string of the molecule is CC(C)(NCc1cccc2ccccc12)C(C)(C)C(=O)O. The molecule has 0 saturated carbocycles. The van der Waals surface area contributed by atoms with Crippen LogP contribution < -0.4 is 5.32 Å². The van der Waals surface area contributed by atoms with Crippen molar-refractivity contribution in [2.75, 3.05) is 0 Å². The van der Waals surface area contributed by atoms with Crippen molar-refractivity contribution in [2.45, 2.75) is 39.8 Å². The minimum atomic E-state index is -0.850. The molecule has 0 fully saturated rings. The highest BCUT2D eigenvalue weighted by molar-refractivity contribution is 5.85. The highest BCUT2D eigenvalue weighted by atomic mass is 16.4. The van der Waals surface area contributed by atoms with Gasteiger partial charge in [-0.15, -0.1) is 0 Å². The molecule has 0 unspecified atom stereocenters. The third-order valence-corrected chi connectivity index (χ3v) is 4.70. The van der Waals surface area contributed by atoms with Gasteiger partial charge in [-0.05, 0) is 44.0 Å². The molecule has 0 saturated heterocycles. The zero-order valence-corrected chi connectivity index (χ0v) is 13.1. The Labute approximate surface area is 126 Å². The van der Waals surface area contributed by atoms with E-state index in [0.717, 1.165) is 0 Å². The predicted octanol–water partition coefficient (Wildman–Crippen LogP) is 3.82. The summed E-state index contributed by atoms with van der Waals surface area (Å²) in [6.45, 7) is 8.03. The first-order valence-electron chi connectivity index (χ1n) is 7.21. The Morgan fingerprint density at radius 2 is 1.67 bits per heavy atom. The molecule has 0 spiro atoms. The highest BCUT2D eigenvalue weighted by Gasteiger charge is 2.42. The largest absolute Gasteiger partial charge is 0.481 e. The van der Waals surface area contributed by atoms with Crippen LogP contribution in [-0.4, -0.2) is 16.6 Å². The summed E-state index contributed by atoms with van der Waals surface area (Å²) in [5.41, 5.74) is -0.185. The molecule has 2 N–H and O–H groups in total. The van der Waals surface area contributed by atoms with E-state index in [-0.39, 0.29) is 0 Å². The van der Waals surface area contributed by atoms with Gasteiger partial charge >= 0.3 is 5.97 Å². The molecule has 3 heteroatoms. The Morgan fingerprint density at radius 1 is 1.05 bits per heavy atom. The van der Waals surface area contributed by atoms with Crippen LogP contribution in [0.1, 0.15) is 33.3 Å². The van der Waals surface area contributed by atoms with Crippen LogP contribution in [0.3, 0.4) is 0 Å². The van der Waals surface area contributed by atoms with Gasteiger partial charge in [0.25, 0.3) is 0 Å². The number of carboxylic acid groups (broad SMARTS) is 1. The maximum absolute atomic E-state index is 11.5. The van der Waals surface area contributed by atoms with E-state index in [1.54, 1.807) is 13.8 Å². The summed E-state index contributed by atoms with van der Waals surface area (Å²) in [5, 5.41) is 15.2. The molecule has 0 aliphatic carbocycles. The average Bonchev–Trinajstić information content (AvgIpc) is 2.44. The molecule has 2 rings (SSSR count). The van der Waals surface area contributed by atoms with Crippen LogP contribution in [0, 0.1) is 5.41 Å². The van der Waals surface area contributed by atoms with E-state index in [1.165, 1.54) is 16.3 Å². The lowest BCUT2D eigenvalue weighted by Crippen LogP contribution is -2.54. The van der Waals surface area contributed by atoms with E-state index in [1.807, 2.05) is 32.0 Å². The van der Waals surface area contributed by atoms with Crippen molar-refractivity contribution in [3.63, 3.8) is 0 Å². The number of rotatable bonds is 5. The standard InChI is InChI=1S/C18H23NO2/c1-17(2,16(20)21)18(3,4)19-12-14-10-7-9-13-8-5-6-11-15(13)14/h5-11,19H,12H2,1-4H3,(H,20,21). The first-order chi connectivity index (χ1) is 9.75. The van der Waals surface area contributed by atoms with Gasteiger partial charge in [-0.25, -0.2) is 0 Å². The number of nitrogens with one attached hydrogen (secondary N) is 1. The molecule has 0 atom stereocenters. The van der Waals surface area contributed by atoms with Crippen LogP contribution >= 0.6 is 0 Å². The molecule has 0 aromatic heterocycles. The predicted molar refractivity (Wildman–Crippen MR) is 86.3 cm³/mol. The summed E-state index contributed by atoms with van der Waals surface area (Å²) in [6.07, 6.45) is 0. The van der Waals surface area contributed by atoms with Gasteiger partial charge < -0.3 is 10.4 Å². The highest BCUT2D eigenvalue weighted by Crippen LogP contribution is 2.31. The average molecular weight is 285 g/mol. The molecular formula is C18H23NO2. The van der Waals surface area contributed by atoms with Gasteiger partial charge in [0, 0.05) is 12.1 Å². The summed E-state index contributed by atoms with van der Waals surface area (Å²) < 4.78 is 0. The molecular weight excluding hydrogens is 262 g/mol. The summed E-state index contributed by atoms with van der Waals surface area (Å²) in [4.78, 5) is 11.5. The molecule has 0 amide bonds. The minimum absolute atomic E-state index is 0.518. The first kappa shape index (κ1) is 15.5. The van der Waals surface area contributed by atoms with Gasteiger partial charge in [-0.2, -0.15) is 0 Å². The molecule has 0 radical (unpaired) electrons. The number of fused-ring (bicyclic) bond motifs is 1. The van der Waals surface area contributed by atoms with Gasteiger partial charge in [0.2, 0.25) is 0 Å². The molecule has 112 valence electrons. The number of carbonyl (C=O) groups is 1. The Bertz CT molecular complexity index is 654. The molecule has 0 aliphatic heterocycles. The fraction of sp³-hybridized carbons (Fsp3) is 0.389. The van der Waals surface area contributed by atoms with Gasteiger partial charge in [-0.3, -0.25) is 4.79 Å². The Hall–Kier alpha value is -1.87. The van der Waals surface area contributed by atoms with Crippen LogP contribution in [0.25, 0.3) is 10.8 Å². The fourth-order valence-corrected chi connectivity index (χ4v) is 2.25. The molecule has 0 heterocycles. The monoisotopic (exact) mass is 285 g/mol. The van der Waals surface area contributed by atoms with Crippen LogP contribution in [-0.2, 0) is 11.3 Å². The van der Waals surface area contributed by atoms with E-state index < -0.39 is 16.9 Å². The van der Waals surface area contributed by atoms with Gasteiger partial charge in [0.15, 0.2) is 0 Å². The van der Waals surface area contributed by atoms with Crippen LogP contribution in [0.5, 0.6) is 0 Å². The second kappa shape index (κ2) is 5.49. The number of hydrogen-bond donors (Lipinski definition) is 2. The van der Waals surface area contributed by atoms with Crippen molar-refractivity contribution in [1.29, 1.82) is 0 Å². The quantitative estimate of drug-likeness (QED) is 0.878. The van der Waals surface area contributed by atoms with Crippen molar-refractivity contribution >= 4 is 16.7 Å². The van der Waals surface area contributed by atoms with Gasteiger partial charge in [-0.1, -0.05) is 42.5 Å². The van der Waals surface area contributed by atoms with E-state index >= 15 is 0 Å². The van der Waals surface area contributed by atoms with Crippen LogP contribution in [0.2, 0.25) is 0 Å². The van der Waals surface area contributed by atoms with E-state index in [0.29, 0.717) is 6.54 Å². The number of carboxylic acids is 1. The molecule has 0 bridgehead atoms. The van der Waals surface area contributed by atoms with Crippen LogP contribution in [0.4, 0.5) is 0 Å². The first-order valence-corrected chi connectivity index (χ1v) is 7.21. The van der Waals surface area contributed by atoms with Gasteiger partial charge in [0.1, 0.15) is 0 Å². The second-order valence-corrected chi connectivity index (χ2v) is 6.55. The Morgan fingerprint density at radius 3 is 2.33 bits per heavy atom. The number of hydrogen-bond acceptors (Lipinski definition) is 2. The van der Waals surface area contributed by atoms with Crippen molar-refractivity contribution < 1.29 is 9.90 Å². The molecule has 2 aromatic rings. The number of aliphatic carboxylic acids is 1. The van der Waals surface area contributed by atoms with Gasteiger partial charge in [0.05, 0.1) is 5.41 Å². The zero-order chi connectivity index (χ0) is 15.7. The van der Waals surface area contributed by atoms with E-state index in [2.05, 4.69) is 29.6 Å². The maximum Gasteiger partial charge on any atom is 0.310 e. The summed E-state index contributed by atoms with van der Waals surface area (Å²) in [7, 11) is 0. The van der Waals surface area contributed by atoms with Crippen LogP contribution in [0.15, 0.2) is 42.5 Å². The number of benzene rings is 2. The van der Waals surface area contributed by atoms with Crippen molar-refractivity contribution in [1.82, 2.24) is 5.32 Å². The Kier molecular flexibility index (Phi) is 4.06. The Balaban J connectivity index is 2.24. The summed E-state index contributed by atoms with van der Waals surface area (Å²) >= 11 is 0. The third-order valence-electron chi connectivity index (χ3n) is 4.70. The summed E-state index contributed by atoms with van der Waals surface area (Å²) in [6, 6.07) is 14.4. The van der Waals surface area contributed by atoms with E-state index in [4.69, 9.17) is 0 Å². The minimum Gasteiger partial charge on any atom is -0.481 e.